The van der Waals surface area contributed by atoms with Crippen molar-refractivity contribution in [3.8, 4) is 11.8 Å². The summed E-state index contributed by atoms with van der Waals surface area (Å²) in [6.45, 7) is 14.0. The van der Waals surface area contributed by atoms with Crippen molar-refractivity contribution in [2.45, 2.75) is 77.3 Å². The van der Waals surface area contributed by atoms with Crippen molar-refractivity contribution in [3.63, 3.8) is 0 Å². The van der Waals surface area contributed by atoms with Gasteiger partial charge in [-0.05, 0) is 81.5 Å². The van der Waals surface area contributed by atoms with Crippen LogP contribution in [0.15, 0.2) is 42.5 Å². The molecular weight excluding hydrogens is 622 g/mol. The van der Waals surface area contributed by atoms with Crippen molar-refractivity contribution in [2.75, 3.05) is 52.4 Å². The van der Waals surface area contributed by atoms with E-state index in [1.54, 1.807) is 15.9 Å². The summed E-state index contributed by atoms with van der Waals surface area (Å²) in [5.41, 5.74) is 3.95. The van der Waals surface area contributed by atoms with E-state index in [1.807, 2.05) is 32.9 Å². The van der Waals surface area contributed by atoms with Crippen molar-refractivity contribution in [1.29, 1.82) is 0 Å². The first-order chi connectivity index (χ1) is 23.5. The molecule has 4 aliphatic heterocycles. The Morgan fingerprint density at radius 3 is 2.24 bits per heavy atom. The fourth-order valence-corrected chi connectivity index (χ4v) is 6.80. The Morgan fingerprint density at radius 1 is 0.878 bits per heavy atom. The molecule has 0 aromatic heterocycles. The van der Waals surface area contributed by atoms with E-state index in [1.165, 1.54) is 5.56 Å². The maximum absolute atomic E-state index is 13.0. The third-order valence-corrected chi connectivity index (χ3v) is 9.55. The van der Waals surface area contributed by atoms with Crippen LogP contribution in [0.2, 0.25) is 0 Å². The first kappa shape index (κ1) is 34.6. The molecule has 4 amide bonds. The molecule has 2 aromatic carbocycles. The molecule has 0 bridgehead atoms. The molecule has 6 rings (SSSR count). The molecule has 11 heteroatoms. The van der Waals surface area contributed by atoms with E-state index in [2.05, 4.69) is 51.2 Å². The predicted molar refractivity (Wildman–Crippen MR) is 183 cm³/mol. The van der Waals surface area contributed by atoms with E-state index in [4.69, 9.17) is 9.47 Å². The van der Waals surface area contributed by atoms with Gasteiger partial charge in [0.2, 0.25) is 11.8 Å². The molecule has 0 spiro atoms. The van der Waals surface area contributed by atoms with Crippen molar-refractivity contribution in [2.24, 2.45) is 0 Å². The standard InChI is InChI=1S/C38H47N5O6/c1-38(2,3)49-37(47)42-16-14-31(15-17-42)48-23-22-40-18-20-41(21-19-40)25-29-8-5-27(6-9-29)4-7-28-10-11-32-30(24-28)26-43(36(32)46)33-12-13-34(44)39-35(33)45/h5-6,8-11,24,31,33H,12-23,25-26H2,1-3H3,(H,39,44,45). The highest BCUT2D eigenvalue weighted by atomic mass is 16.6. The molecule has 4 heterocycles. The molecule has 11 nitrogen and oxygen atoms in total. The van der Waals surface area contributed by atoms with E-state index >= 15 is 0 Å². The quantitative estimate of drug-likeness (QED) is 0.353. The fraction of sp³-hybridized carbons (Fsp3) is 0.526. The molecule has 0 radical (unpaired) electrons. The van der Waals surface area contributed by atoms with E-state index in [0.717, 1.165) is 68.8 Å². The van der Waals surface area contributed by atoms with E-state index in [-0.39, 0.29) is 30.4 Å². The molecule has 1 N–H and O–H groups in total. The minimum atomic E-state index is -0.622. The first-order valence-electron chi connectivity index (χ1n) is 17.4. The molecule has 49 heavy (non-hydrogen) atoms. The summed E-state index contributed by atoms with van der Waals surface area (Å²) in [6.07, 6.45) is 2.25. The number of fused-ring (bicyclic) bond motifs is 1. The van der Waals surface area contributed by atoms with Crippen LogP contribution < -0.4 is 5.32 Å². The van der Waals surface area contributed by atoms with Crippen LogP contribution in [0.3, 0.4) is 0 Å². The predicted octanol–water partition coefficient (Wildman–Crippen LogP) is 3.38. The van der Waals surface area contributed by atoms with Crippen molar-refractivity contribution < 1.29 is 28.7 Å². The average Bonchev–Trinajstić information content (AvgIpc) is 3.39. The highest BCUT2D eigenvalue weighted by Crippen LogP contribution is 2.28. The summed E-state index contributed by atoms with van der Waals surface area (Å²) in [5, 5.41) is 2.34. The Kier molecular flexibility index (Phi) is 10.7. The van der Waals surface area contributed by atoms with Gasteiger partial charge in [0.05, 0.1) is 12.7 Å². The van der Waals surface area contributed by atoms with Crippen molar-refractivity contribution in [1.82, 2.24) is 24.9 Å². The van der Waals surface area contributed by atoms with Crippen LogP contribution in [0, 0.1) is 11.8 Å². The molecule has 260 valence electrons. The normalized spacial score (nSPS) is 20.9. The Bertz CT molecular complexity index is 1610. The lowest BCUT2D eigenvalue weighted by atomic mass is 10.0. The zero-order chi connectivity index (χ0) is 34.5. The fourth-order valence-electron chi connectivity index (χ4n) is 6.80. The summed E-state index contributed by atoms with van der Waals surface area (Å²) >= 11 is 0. The largest absolute Gasteiger partial charge is 0.444 e. The third kappa shape index (κ3) is 9.06. The number of hydrogen-bond donors (Lipinski definition) is 1. The number of likely N-dealkylation sites (tertiary alicyclic amines) is 1. The second-order valence-electron chi connectivity index (χ2n) is 14.4. The first-order valence-corrected chi connectivity index (χ1v) is 17.4. The Labute approximate surface area is 288 Å². The minimum absolute atomic E-state index is 0.180. The van der Waals surface area contributed by atoms with Crippen molar-refractivity contribution >= 4 is 23.8 Å². The number of amides is 4. The van der Waals surface area contributed by atoms with Gasteiger partial charge in [-0.2, -0.15) is 0 Å². The number of ether oxygens (including phenoxy) is 2. The van der Waals surface area contributed by atoms with Gasteiger partial charge in [0.15, 0.2) is 0 Å². The Hall–Kier alpha value is -4.24. The van der Waals surface area contributed by atoms with Gasteiger partial charge in [-0.3, -0.25) is 29.5 Å². The SMILES string of the molecule is CC(C)(C)OC(=O)N1CCC(OCCN2CCN(Cc3ccc(C#Cc4ccc5c(c4)CN(C4CCC(=O)NC4=O)C5=O)cc3)CC2)CC1. The molecule has 2 aromatic rings. The van der Waals surface area contributed by atoms with E-state index < -0.39 is 17.6 Å². The third-order valence-electron chi connectivity index (χ3n) is 9.55. The summed E-state index contributed by atoms with van der Waals surface area (Å²) < 4.78 is 11.7. The monoisotopic (exact) mass is 669 g/mol. The number of nitrogens with one attached hydrogen (secondary N) is 1. The van der Waals surface area contributed by atoms with Crippen molar-refractivity contribution in [3.05, 3.63) is 70.3 Å². The Morgan fingerprint density at radius 2 is 1.55 bits per heavy atom. The summed E-state index contributed by atoms with van der Waals surface area (Å²) in [5.74, 6) is 5.58. The van der Waals surface area contributed by atoms with E-state index in [0.29, 0.717) is 38.2 Å². The Balaban J connectivity index is 0.901. The van der Waals surface area contributed by atoms with Crippen LogP contribution in [0.1, 0.15) is 79.1 Å². The number of hydrogen-bond acceptors (Lipinski definition) is 8. The lowest BCUT2D eigenvalue weighted by Crippen LogP contribution is -2.52. The molecular formula is C38H47N5O6. The number of benzene rings is 2. The van der Waals surface area contributed by atoms with Crippen LogP contribution in [0.4, 0.5) is 4.79 Å². The van der Waals surface area contributed by atoms with Gasteiger partial charge < -0.3 is 19.3 Å². The van der Waals surface area contributed by atoms with Crippen LogP contribution >= 0.6 is 0 Å². The lowest BCUT2D eigenvalue weighted by Gasteiger charge is -2.36. The minimum Gasteiger partial charge on any atom is -0.444 e. The maximum Gasteiger partial charge on any atom is 0.410 e. The second-order valence-corrected chi connectivity index (χ2v) is 14.4. The molecule has 4 aliphatic rings. The summed E-state index contributed by atoms with van der Waals surface area (Å²) in [6, 6.07) is 13.3. The number of piperidine rings is 2. The summed E-state index contributed by atoms with van der Waals surface area (Å²) in [4.78, 5) is 57.4. The molecule has 1 atom stereocenters. The average molecular weight is 670 g/mol. The van der Waals surface area contributed by atoms with E-state index in [9.17, 15) is 19.2 Å². The number of piperazine rings is 1. The zero-order valence-corrected chi connectivity index (χ0v) is 28.8. The number of carbonyl (C=O) groups excluding carboxylic acids is 4. The van der Waals surface area contributed by atoms with Gasteiger partial charge in [-0.25, -0.2) is 4.79 Å². The maximum atomic E-state index is 13.0. The van der Waals surface area contributed by atoms with Gasteiger partial charge in [0.1, 0.15) is 11.6 Å². The molecule has 0 aliphatic carbocycles. The van der Waals surface area contributed by atoms with Gasteiger partial charge in [0, 0.05) is 82.0 Å². The number of rotatable bonds is 7. The van der Waals surface area contributed by atoms with Crippen LogP contribution in [-0.2, 0) is 32.2 Å². The smallest absolute Gasteiger partial charge is 0.410 e. The van der Waals surface area contributed by atoms with Gasteiger partial charge >= 0.3 is 6.09 Å². The number of carbonyl (C=O) groups is 4. The van der Waals surface area contributed by atoms with Gasteiger partial charge in [-0.15, -0.1) is 0 Å². The summed E-state index contributed by atoms with van der Waals surface area (Å²) in [7, 11) is 0. The van der Waals surface area contributed by atoms with Crippen LogP contribution in [0.5, 0.6) is 0 Å². The van der Waals surface area contributed by atoms with Gasteiger partial charge in [0.25, 0.3) is 5.91 Å². The second kappa shape index (κ2) is 15.1. The highest BCUT2D eigenvalue weighted by molar-refractivity contribution is 6.05. The molecule has 0 saturated carbocycles. The topological polar surface area (TPSA) is 112 Å². The van der Waals surface area contributed by atoms with Crippen LogP contribution in [0.25, 0.3) is 0 Å². The van der Waals surface area contributed by atoms with Crippen LogP contribution in [-0.4, -0.2) is 114 Å². The molecule has 3 fully saturated rings. The number of nitrogens with zero attached hydrogens (tertiary/aromatic N) is 4. The zero-order valence-electron chi connectivity index (χ0n) is 28.8. The molecule has 1 unspecified atom stereocenters. The lowest BCUT2D eigenvalue weighted by molar-refractivity contribution is -0.136. The van der Waals surface area contributed by atoms with Gasteiger partial charge in [-0.1, -0.05) is 24.0 Å². The highest BCUT2D eigenvalue weighted by Gasteiger charge is 2.39. The number of imide groups is 1. The molecule has 3 saturated heterocycles.